The molecule has 0 unspecified atom stereocenters. The van der Waals surface area contributed by atoms with E-state index in [4.69, 9.17) is 0 Å². The van der Waals surface area contributed by atoms with E-state index in [2.05, 4.69) is 0 Å². The molecule has 0 N–H and O–H groups in total. The van der Waals surface area contributed by atoms with Crippen LogP contribution in [0.15, 0.2) is 0 Å². The van der Waals surface area contributed by atoms with Gasteiger partial charge in [0, 0.05) is 0 Å². The monoisotopic (exact) mass is 446 g/mol. The molecule has 0 fully saturated rings. The number of aliphatic carboxylic acids is 2. The van der Waals surface area contributed by atoms with Crippen molar-refractivity contribution in [1.29, 1.82) is 0 Å². The van der Waals surface area contributed by atoms with Gasteiger partial charge in [0.1, 0.15) is 0 Å². The van der Waals surface area contributed by atoms with Crippen molar-refractivity contribution in [3.8, 4) is 0 Å². The second-order valence-electron chi connectivity index (χ2n) is 3.39. The predicted octanol–water partition coefficient (Wildman–Crippen LogP) is -5.56. The van der Waals surface area contributed by atoms with Crippen LogP contribution in [0.4, 0.5) is 0 Å². The first-order valence-corrected chi connectivity index (χ1v) is 4.85. The SMILES string of the molecule is O=C([O-])C([N+](=O)[O-])([N+](=O)[O-])[N+](=O)[O-].O=C([O-])C([N+](=O)[O-])([N+](=O)[O-])[N+](=O)[O-].[Ni+2]. The second kappa shape index (κ2) is 9.35. The molecule has 27 heavy (non-hydrogen) atoms. The molecule has 0 aromatic heterocycles. The number of hydrogen-bond donors (Lipinski definition) is 0. The van der Waals surface area contributed by atoms with Gasteiger partial charge in [-0.2, -0.15) is 0 Å². The summed E-state index contributed by atoms with van der Waals surface area (Å²) >= 11 is 0. The van der Waals surface area contributed by atoms with E-state index in [1.807, 2.05) is 0 Å². The van der Waals surface area contributed by atoms with Crippen LogP contribution >= 0.6 is 0 Å². The van der Waals surface area contributed by atoms with E-state index in [1.54, 1.807) is 0 Å². The van der Waals surface area contributed by atoms with E-state index in [-0.39, 0.29) is 16.5 Å². The third-order valence-electron chi connectivity index (χ3n) is 2.08. The van der Waals surface area contributed by atoms with Gasteiger partial charge in [-0.25, -0.2) is 0 Å². The number of hydrogen-bond acceptors (Lipinski definition) is 16. The van der Waals surface area contributed by atoms with Crippen LogP contribution in [0, 0.1) is 60.7 Å². The Kier molecular flexibility index (Phi) is 9.58. The topological polar surface area (TPSA) is 339 Å². The first-order valence-electron chi connectivity index (χ1n) is 4.85. The minimum Gasteiger partial charge on any atom is -0.531 e. The Morgan fingerprint density at radius 2 is 0.593 bits per heavy atom. The van der Waals surface area contributed by atoms with Crippen molar-refractivity contribution in [2.24, 2.45) is 0 Å². The quantitative estimate of drug-likeness (QED) is 0.145. The molecule has 0 spiro atoms. The zero-order chi connectivity index (χ0) is 21.6. The summed E-state index contributed by atoms with van der Waals surface area (Å²) in [4.78, 5) is 66.0. The van der Waals surface area contributed by atoms with E-state index < -0.39 is 53.1 Å². The number of nitro groups is 6. The van der Waals surface area contributed by atoms with Crippen LogP contribution in [-0.2, 0) is 26.1 Å². The van der Waals surface area contributed by atoms with Gasteiger partial charge in [-0.1, -0.05) is 0 Å². The van der Waals surface area contributed by atoms with Gasteiger partial charge in [0.15, 0.2) is 29.5 Å². The fourth-order valence-electron chi connectivity index (χ4n) is 0.847. The molecule has 0 atom stereocenters. The van der Waals surface area contributed by atoms with Gasteiger partial charge in [-0.3, -0.25) is 60.7 Å². The van der Waals surface area contributed by atoms with E-state index in [0.29, 0.717) is 0 Å². The first-order chi connectivity index (χ1) is 11.5. The van der Waals surface area contributed by atoms with Crippen molar-refractivity contribution < 1.29 is 65.8 Å². The minimum absolute atomic E-state index is 0. The summed E-state index contributed by atoms with van der Waals surface area (Å²) < 4.78 is 0. The fourth-order valence-corrected chi connectivity index (χ4v) is 0.847. The number of carbonyl (C=O) groups excluding carboxylic acids is 2. The Hall–Kier alpha value is -4.17. The maximum Gasteiger partial charge on any atom is 2.00 e. The van der Waals surface area contributed by atoms with Crippen molar-refractivity contribution in [3.63, 3.8) is 0 Å². The minimum atomic E-state index is -4.53. The number of carboxylic acid groups (broad SMARTS) is 2. The van der Waals surface area contributed by atoms with Crippen molar-refractivity contribution >= 4 is 11.9 Å². The summed E-state index contributed by atoms with van der Waals surface area (Å²) in [6, 6.07) is 0. The van der Waals surface area contributed by atoms with Crippen LogP contribution in [-0.4, -0.2) is 53.1 Å². The maximum atomic E-state index is 9.91. The summed E-state index contributed by atoms with van der Waals surface area (Å²) in [5.41, 5.74) is 0. The van der Waals surface area contributed by atoms with Crippen molar-refractivity contribution in [2.75, 3.05) is 0 Å². The van der Waals surface area contributed by atoms with Gasteiger partial charge in [0.2, 0.25) is 0 Å². The van der Waals surface area contributed by atoms with Gasteiger partial charge in [0.25, 0.3) is 11.9 Å². The van der Waals surface area contributed by atoms with Gasteiger partial charge < -0.3 is 19.8 Å². The maximum absolute atomic E-state index is 9.91. The van der Waals surface area contributed by atoms with Crippen LogP contribution in [0.25, 0.3) is 0 Å². The first kappa shape index (κ1) is 27.7. The molecule has 22 nitrogen and oxygen atoms in total. The van der Waals surface area contributed by atoms with Crippen LogP contribution < -0.4 is 10.2 Å². The summed E-state index contributed by atoms with van der Waals surface area (Å²) in [6.07, 6.45) is 0. The molecular formula is C4N6NiO16. The molecule has 0 aromatic rings. The van der Waals surface area contributed by atoms with Crippen LogP contribution in [0.2, 0.25) is 0 Å². The molecule has 0 amide bonds. The Labute approximate surface area is 151 Å². The average Bonchev–Trinajstić information content (AvgIpc) is 2.35. The smallest absolute Gasteiger partial charge is 0.531 e. The fraction of sp³-hybridized carbons (Fsp3) is 0.500. The third kappa shape index (κ3) is 4.47. The van der Waals surface area contributed by atoms with Gasteiger partial charge in [-0.05, 0) is 0 Å². The Morgan fingerprint density at radius 3 is 0.593 bits per heavy atom. The molecule has 0 radical (unpaired) electrons. The van der Waals surface area contributed by atoms with E-state index in [0.717, 1.165) is 0 Å². The van der Waals surface area contributed by atoms with Gasteiger partial charge >= 0.3 is 28.1 Å². The molecule has 0 saturated heterocycles. The molecule has 0 aliphatic carbocycles. The van der Waals surface area contributed by atoms with E-state index in [9.17, 15) is 80.5 Å². The molecule has 0 rings (SSSR count). The molecule has 0 aromatic carbocycles. The summed E-state index contributed by atoms with van der Waals surface area (Å²) in [5, 5.41) is 78.9. The Bertz CT molecular complexity index is 531. The zero-order valence-electron chi connectivity index (χ0n) is 11.5. The third-order valence-corrected chi connectivity index (χ3v) is 2.08. The molecule has 23 heteroatoms. The van der Waals surface area contributed by atoms with Crippen molar-refractivity contribution in [2.45, 2.75) is 11.6 Å². The normalized spacial score (nSPS) is 10.1. The largest absolute Gasteiger partial charge is 2.00 e. The van der Waals surface area contributed by atoms with Gasteiger partial charge in [0.05, 0.1) is 0 Å². The predicted molar refractivity (Wildman–Crippen MR) is 57.4 cm³/mol. The van der Waals surface area contributed by atoms with Crippen LogP contribution in [0.3, 0.4) is 0 Å². The van der Waals surface area contributed by atoms with Crippen LogP contribution in [0.1, 0.15) is 0 Å². The molecule has 152 valence electrons. The number of nitrogens with zero attached hydrogens (tertiary/aromatic N) is 6. The summed E-state index contributed by atoms with van der Waals surface area (Å²) in [5.74, 6) is -15.1. The van der Waals surface area contributed by atoms with E-state index in [1.165, 1.54) is 0 Å². The van der Waals surface area contributed by atoms with Gasteiger partial charge in [-0.15, -0.1) is 0 Å². The van der Waals surface area contributed by atoms with Crippen molar-refractivity contribution in [3.05, 3.63) is 60.7 Å². The summed E-state index contributed by atoms with van der Waals surface area (Å²) in [6.45, 7) is 0. The van der Waals surface area contributed by atoms with Crippen molar-refractivity contribution in [1.82, 2.24) is 0 Å². The molecule has 0 heterocycles. The number of rotatable bonds is 8. The average molecular weight is 447 g/mol. The molecule has 0 aliphatic heterocycles. The Morgan fingerprint density at radius 1 is 0.481 bits per heavy atom. The standard InChI is InChI=1S/2C2HN3O8.Ni/c2*6-1(7)2(3(8)9,4(10)11)5(12)13;/h2*(H,6,7);/q;;+2/p-2. The zero-order valence-corrected chi connectivity index (χ0v) is 12.5. The molecular weight excluding hydrogens is 447 g/mol. The molecule has 0 aliphatic rings. The Balaban J connectivity index is -0.000000411. The molecule has 0 saturated carbocycles. The van der Waals surface area contributed by atoms with Crippen LogP contribution in [0.5, 0.6) is 0 Å². The number of carboxylic acids is 2. The number of carbonyl (C=O) groups is 2. The van der Waals surface area contributed by atoms with E-state index >= 15 is 0 Å². The second-order valence-corrected chi connectivity index (χ2v) is 3.39. The molecule has 0 bridgehead atoms. The summed E-state index contributed by atoms with van der Waals surface area (Å²) in [7, 11) is 0.